The lowest BCUT2D eigenvalue weighted by Gasteiger charge is -2.00. The Morgan fingerprint density at radius 1 is 1.50 bits per heavy atom. The molecule has 0 saturated carbocycles. The van der Waals surface area contributed by atoms with E-state index < -0.39 is 5.97 Å². The van der Waals surface area contributed by atoms with E-state index in [0.717, 1.165) is 11.3 Å². The maximum atomic E-state index is 11.4. The van der Waals surface area contributed by atoms with Crippen LogP contribution in [0.1, 0.15) is 23.5 Å². The van der Waals surface area contributed by atoms with E-state index in [1.54, 1.807) is 13.8 Å². The summed E-state index contributed by atoms with van der Waals surface area (Å²) in [4.78, 5) is 11.6. The van der Waals surface area contributed by atoms with E-state index in [-0.39, 0.29) is 9.97 Å². The van der Waals surface area contributed by atoms with Gasteiger partial charge < -0.3 is 13.9 Å². The smallest absolute Gasteiger partial charge is 0.355 e. The summed E-state index contributed by atoms with van der Waals surface area (Å²) in [6, 6.07) is 0. The molecule has 0 unspecified atom stereocenters. The molecule has 0 spiro atoms. The van der Waals surface area contributed by atoms with Crippen molar-refractivity contribution in [2.75, 3.05) is 13.2 Å². The molecule has 0 radical (unpaired) electrons. The summed E-state index contributed by atoms with van der Waals surface area (Å²) in [7, 11) is 0. The van der Waals surface area contributed by atoms with Gasteiger partial charge in [-0.2, -0.15) is 0 Å². The minimum Gasteiger partial charge on any atom is -0.464 e. The Bertz CT molecular complexity index is 366. The zero-order valence-corrected chi connectivity index (χ0v) is 9.50. The van der Waals surface area contributed by atoms with Crippen molar-refractivity contribution < 1.29 is 18.7 Å². The predicted octanol–water partition coefficient (Wildman–Crippen LogP) is 2.65. The van der Waals surface area contributed by atoms with E-state index in [1.807, 2.05) is 0 Å². The molecular formula is C8H10O4S2. The van der Waals surface area contributed by atoms with Crippen LogP contribution in [0.15, 0.2) is 4.42 Å². The van der Waals surface area contributed by atoms with Gasteiger partial charge in [-0.25, -0.2) is 4.79 Å². The van der Waals surface area contributed by atoms with Crippen LogP contribution in [0.4, 0.5) is 0 Å². The summed E-state index contributed by atoms with van der Waals surface area (Å²) in [6.45, 7) is 4.26. The van der Waals surface area contributed by atoms with E-state index in [0.29, 0.717) is 18.1 Å². The predicted molar refractivity (Wildman–Crippen MR) is 54.5 cm³/mol. The van der Waals surface area contributed by atoms with Crippen LogP contribution in [-0.2, 0) is 4.74 Å². The second-order valence-corrected chi connectivity index (χ2v) is 3.84. The average Bonchev–Trinajstić information content (AvgIpc) is 2.48. The third-order valence-electron chi connectivity index (χ3n) is 1.28. The second-order valence-electron chi connectivity index (χ2n) is 2.22. The summed E-state index contributed by atoms with van der Waals surface area (Å²) >= 11 is 5.85. The fraction of sp³-hybridized carbons (Fsp3) is 0.500. The first kappa shape index (κ1) is 11.2. The van der Waals surface area contributed by atoms with E-state index in [9.17, 15) is 4.79 Å². The van der Waals surface area contributed by atoms with Crippen LogP contribution in [0.2, 0.25) is 0 Å². The number of carbonyl (C=O) groups excluding carboxylic acids is 1. The molecule has 14 heavy (non-hydrogen) atoms. The van der Waals surface area contributed by atoms with Gasteiger partial charge in [0.15, 0.2) is 4.88 Å². The summed E-state index contributed by atoms with van der Waals surface area (Å²) in [5.41, 5.74) is 0. The SMILES string of the molecule is CCOC(=O)c1sc(=S)oc1OCC. The lowest BCUT2D eigenvalue weighted by molar-refractivity contribution is 0.0523. The third-order valence-corrected chi connectivity index (χ3v) is 2.40. The van der Waals surface area contributed by atoms with Gasteiger partial charge in [-0.3, -0.25) is 0 Å². The first-order chi connectivity index (χ1) is 6.69. The Hall–Kier alpha value is -0.880. The first-order valence-electron chi connectivity index (χ1n) is 4.12. The van der Waals surface area contributed by atoms with Gasteiger partial charge >= 0.3 is 11.9 Å². The highest BCUT2D eigenvalue weighted by Crippen LogP contribution is 2.27. The van der Waals surface area contributed by atoms with Crippen LogP contribution in [0.25, 0.3) is 0 Å². The molecule has 0 aromatic carbocycles. The number of hydrogen-bond donors (Lipinski definition) is 0. The zero-order valence-electron chi connectivity index (χ0n) is 7.86. The lowest BCUT2D eigenvalue weighted by atomic mass is 10.5. The molecule has 0 atom stereocenters. The van der Waals surface area contributed by atoms with Crippen molar-refractivity contribution in [2.45, 2.75) is 13.8 Å². The highest BCUT2D eigenvalue weighted by Gasteiger charge is 2.19. The minimum absolute atomic E-state index is 0.154. The van der Waals surface area contributed by atoms with Crippen molar-refractivity contribution in [1.29, 1.82) is 0 Å². The number of esters is 1. The molecule has 6 heteroatoms. The standard InChI is InChI=1S/C8H10O4S2/c1-3-10-6(9)5-7(11-4-2)12-8(13)14-5/h3-4H2,1-2H3. The van der Waals surface area contributed by atoms with E-state index >= 15 is 0 Å². The number of ether oxygens (including phenoxy) is 2. The van der Waals surface area contributed by atoms with E-state index in [1.165, 1.54) is 0 Å². The molecule has 0 amide bonds. The summed E-state index contributed by atoms with van der Waals surface area (Å²) in [5.74, 6) is -0.304. The topological polar surface area (TPSA) is 48.7 Å². The van der Waals surface area contributed by atoms with E-state index in [4.69, 9.17) is 26.1 Å². The van der Waals surface area contributed by atoms with Crippen molar-refractivity contribution in [2.24, 2.45) is 0 Å². The molecule has 0 aliphatic heterocycles. The first-order valence-corrected chi connectivity index (χ1v) is 5.35. The maximum absolute atomic E-state index is 11.4. The Balaban J connectivity index is 2.94. The third kappa shape index (κ3) is 2.55. The monoisotopic (exact) mass is 234 g/mol. The fourth-order valence-electron chi connectivity index (χ4n) is 0.816. The van der Waals surface area contributed by atoms with E-state index in [2.05, 4.69) is 0 Å². The van der Waals surface area contributed by atoms with Crippen LogP contribution in [0.3, 0.4) is 0 Å². The number of carbonyl (C=O) groups is 1. The van der Waals surface area contributed by atoms with Gasteiger partial charge in [-0.15, -0.1) is 0 Å². The van der Waals surface area contributed by atoms with Gasteiger partial charge in [-0.1, -0.05) is 11.3 Å². The van der Waals surface area contributed by atoms with Crippen molar-refractivity contribution in [3.8, 4) is 5.95 Å². The van der Waals surface area contributed by atoms with Gasteiger partial charge in [0.1, 0.15) is 0 Å². The van der Waals surface area contributed by atoms with Gasteiger partial charge in [-0.05, 0) is 26.1 Å². The van der Waals surface area contributed by atoms with Crippen molar-refractivity contribution in [3.05, 3.63) is 8.90 Å². The molecule has 1 aromatic rings. The molecule has 0 aliphatic carbocycles. The lowest BCUT2D eigenvalue weighted by Crippen LogP contribution is -2.04. The fourth-order valence-corrected chi connectivity index (χ4v) is 1.75. The normalized spacial score (nSPS) is 9.86. The number of hydrogen-bond acceptors (Lipinski definition) is 6. The molecular weight excluding hydrogens is 224 g/mol. The Labute approximate surface area is 90.4 Å². The molecule has 1 aromatic heterocycles. The average molecular weight is 234 g/mol. The van der Waals surface area contributed by atoms with Crippen LogP contribution >= 0.6 is 23.6 Å². The quantitative estimate of drug-likeness (QED) is 0.592. The molecule has 0 saturated heterocycles. The van der Waals surface area contributed by atoms with Gasteiger partial charge in [0.25, 0.3) is 4.02 Å². The molecule has 78 valence electrons. The van der Waals surface area contributed by atoms with Crippen LogP contribution in [0, 0.1) is 4.02 Å². The Morgan fingerprint density at radius 3 is 2.79 bits per heavy atom. The summed E-state index contributed by atoms with van der Waals surface area (Å²) in [6.07, 6.45) is 0. The molecule has 1 rings (SSSR count). The van der Waals surface area contributed by atoms with Crippen molar-refractivity contribution in [3.63, 3.8) is 0 Å². The Morgan fingerprint density at radius 2 is 2.21 bits per heavy atom. The van der Waals surface area contributed by atoms with Gasteiger partial charge in [0, 0.05) is 0 Å². The van der Waals surface area contributed by atoms with Gasteiger partial charge in [0.05, 0.1) is 13.2 Å². The minimum atomic E-state index is -0.458. The largest absolute Gasteiger partial charge is 0.464 e. The molecule has 1 heterocycles. The van der Waals surface area contributed by atoms with Gasteiger partial charge in [0.2, 0.25) is 0 Å². The van der Waals surface area contributed by atoms with Crippen LogP contribution in [0.5, 0.6) is 5.95 Å². The highest BCUT2D eigenvalue weighted by molar-refractivity contribution is 7.73. The Kier molecular flexibility index (Phi) is 4.09. The second kappa shape index (κ2) is 5.11. The zero-order chi connectivity index (χ0) is 10.6. The van der Waals surface area contributed by atoms with Crippen LogP contribution < -0.4 is 4.74 Å². The summed E-state index contributed by atoms with van der Waals surface area (Å²) in [5, 5.41) is 0. The van der Waals surface area contributed by atoms with Crippen molar-refractivity contribution in [1.82, 2.24) is 0 Å². The van der Waals surface area contributed by atoms with Crippen LogP contribution in [-0.4, -0.2) is 19.2 Å². The maximum Gasteiger partial charge on any atom is 0.355 e. The molecule has 0 fully saturated rings. The molecule has 0 aliphatic rings. The number of rotatable bonds is 4. The molecule has 0 N–H and O–H groups in total. The molecule has 0 bridgehead atoms. The molecule has 4 nitrogen and oxygen atoms in total. The highest BCUT2D eigenvalue weighted by atomic mass is 32.1. The summed E-state index contributed by atoms with van der Waals surface area (Å²) < 4.78 is 15.2. The van der Waals surface area contributed by atoms with Crippen molar-refractivity contribution >= 4 is 29.5 Å².